The van der Waals surface area contributed by atoms with Crippen molar-refractivity contribution >= 4 is 23.3 Å². The lowest BCUT2D eigenvalue weighted by atomic mass is 10.1. The molecule has 8 heteroatoms. The third kappa shape index (κ3) is 4.24. The molecule has 7 nitrogen and oxygen atoms in total. The van der Waals surface area contributed by atoms with Gasteiger partial charge in [-0.1, -0.05) is 35.0 Å². The molecule has 2 aromatic heterocycles. The molecule has 0 saturated carbocycles. The van der Waals surface area contributed by atoms with Crippen molar-refractivity contribution in [1.29, 1.82) is 0 Å². The minimum Gasteiger partial charge on any atom is -0.360 e. The van der Waals surface area contributed by atoms with Crippen LogP contribution in [0.3, 0.4) is 0 Å². The number of hydrogen-bond acceptors (Lipinski definition) is 6. The van der Waals surface area contributed by atoms with Gasteiger partial charge in [-0.2, -0.15) is 0 Å². The van der Waals surface area contributed by atoms with Gasteiger partial charge in [-0.15, -0.1) is 0 Å². The van der Waals surface area contributed by atoms with Crippen molar-refractivity contribution < 1.29 is 9.32 Å². The van der Waals surface area contributed by atoms with Crippen molar-refractivity contribution in [2.45, 2.75) is 32.7 Å². The van der Waals surface area contributed by atoms with Gasteiger partial charge < -0.3 is 14.7 Å². The number of hydrogen-bond donors (Lipinski definition) is 1. The molecule has 1 saturated heterocycles. The number of amides is 1. The standard InChI is InChI=1S/C21H22ClN5O2/c1-14-19(20(26-29-14)15-7-3-4-8-16(15)22)21(28)24-13-17-23-10-9-18(25-17)27-11-5-2-6-12-27/h3-4,7-10H,2,5-6,11-13H2,1H3,(H,24,28). The second-order valence-corrected chi connectivity index (χ2v) is 7.41. The second kappa shape index (κ2) is 8.61. The average Bonchev–Trinajstić information content (AvgIpc) is 3.14. The summed E-state index contributed by atoms with van der Waals surface area (Å²) < 4.78 is 5.27. The predicted octanol–water partition coefficient (Wildman–Crippen LogP) is 4.01. The first-order valence-corrected chi connectivity index (χ1v) is 10.1. The van der Waals surface area contributed by atoms with E-state index in [2.05, 4.69) is 25.3 Å². The van der Waals surface area contributed by atoms with E-state index in [9.17, 15) is 4.79 Å². The molecule has 0 radical (unpaired) electrons. The maximum Gasteiger partial charge on any atom is 0.257 e. The number of benzene rings is 1. The number of carbonyl (C=O) groups excluding carboxylic acids is 1. The van der Waals surface area contributed by atoms with Crippen LogP contribution in [0.5, 0.6) is 0 Å². The topological polar surface area (TPSA) is 84.2 Å². The highest BCUT2D eigenvalue weighted by Gasteiger charge is 2.23. The zero-order valence-electron chi connectivity index (χ0n) is 16.2. The van der Waals surface area contributed by atoms with Crippen LogP contribution in [0.4, 0.5) is 5.82 Å². The molecule has 3 heterocycles. The first-order chi connectivity index (χ1) is 14.1. The van der Waals surface area contributed by atoms with E-state index in [0.717, 1.165) is 18.9 Å². The van der Waals surface area contributed by atoms with Crippen molar-refractivity contribution in [3.63, 3.8) is 0 Å². The largest absolute Gasteiger partial charge is 0.360 e. The van der Waals surface area contributed by atoms with Crippen molar-refractivity contribution in [2.75, 3.05) is 18.0 Å². The van der Waals surface area contributed by atoms with E-state index in [1.807, 2.05) is 24.3 Å². The number of rotatable bonds is 5. The van der Waals surface area contributed by atoms with Crippen molar-refractivity contribution in [3.05, 3.63) is 58.7 Å². The number of carbonyl (C=O) groups is 1. The minimum absolute atomic E-state index is 0.215. The van der Waals surface area contributed by atoms with Gasteiger partial charge in [0.2, 0.25) is 0 Å². The van der Waals surface area contributed by atoms with Gasteiger partial charge in [0, 0.05) is 24.8 Å². The molecule has 0 aliphatic carbocycles. The number of aromatic nitrogens is 3. The van der Waals surface area contributed by atoms with E-state index in [0.29, 0.717) is 33.4 Å². The zero-order valence-corrected chi connectivity index (χ0v) is 16.9. The first-order valence-electron chi connectivity index (χ1n) is 9.69. The van der Waals surface area contributed by atoms with Crippen LogP contribution < -0.4 is 10.2 Å². The molecule has 29 heavy (non-hydrogen) atoms. The van der Waals surface area contributed by atoms with E-state index in [1.54, 1.807) is 19.2 Å². The van der Waals surface area contributed by atoms with Gasteiger partial charge in [0.25, 0.3) is 5.91 Å². The van der Waals surface area contributed by atoms with Crippen LogP contribution in [0.1, 0.15) is 41.2 Å². The van der Waals surface area contributed by atoms with Crippen molar-refractivity contribution in [3.8, 4) is 11.3 Å². The average molecular weight is 412 g/mol. The summed E-state index contributed by atoms with van der Waals surface area (Å²) >= 11 is 6.27. The summed E-state index contributed by atoms with van der Waals surface area (Å²) in [6, 6.07) is 9.14. The molecule has 150 valence electrons. The fourth-order valence-electron chi connectivity index (χ4n) is 3.50. The Bertz CT molecular complexity index is 1010. The third-order valence-corrected chi connectivity index (χ3v) is 5.33. The predicted molar refractivity (Wildman–Crippen MR) is 111 cm³/mol. The van der Waals surface area contributed by atoms with E-state index in [1.165, 1.54) is 19.3 Å². The lowest BCUT2D eigenvalue weighted by Gasteiger charge is -2.27. The fourth-order valence-corrected chi connectivity index (χ4v) is 3.72. The lowest BCUT2D eigenvalue weighted by molar-refractivity contribution is 0.0949. The summed E-state index contributed by atoms with van der Waals surface area (Å²) in [5.74, 6) is 1.60. The summed E-state index contributed by atoms with van der Waals surface area (Å²) in [6.07, 6.45) is 5.34. The smallest absolute Gasteiger partial charge is 0.257 e. The Labute approximate surface area is 174 Å². The molecule has 0 atom stereocenters. The Morgan fingerprint density at radius 3 is 2.79 bits per heavy atom. The van der Waals surface area contributed by atoms with E-state index in [-0.39, 0.29) is 12.5 Å². The number of nitrogens with one attached hydrogen (secondary N) is 1. The summed E-state index contributed by atoms with van der Waals surface area (Å²) in [5.41, 5.74) is 1.44. The Balaban J connectivity index is 1.50. The summed E-state index contributed by atoms with van der Waals surface area (Å²) in [7, 11) is 0. The molecule has 1 amide bonds. The van der Waals surface area contributed by atoms with Crippen LogP contribution in [0, 0.1) is 6.92 Å². The SMILES string of the molecule is Cc1onc(-c2ccccc2Cl)c1C(=O)NCc1nccc(N2CCCCC2)n1. The molecule has 1 fully saturated rings. The van der Waals surface area contributed by atoms with Crippen LogP contribution in [0.15, 0.2) is 41.1 Å². The quantitative estimate of drug-likeness (QED) is 0.682. The number of piperidine rings is 1. The number of halogens is 1. The normalized spacial score (nSPS) is 14.1. The van der Waals surface area contributed by atoms with Crippen LogP contribution >= 0.6 is 11.6 Å². The Hall–Kier alpha value is -2.93. The second-order valence-electron chi connectivity index (χ2n) is 7.00. The minimum atomic E-state index is -0.300. The van der Waals surface area contributed by atoms with Crippen molar-refractivity contribution in [2.24, 2.45) is 0 Å². The molecule has 0 spiro atoms. The van der Waals surface area contributed by atoms with Crippen molar-refractivity contribution in [1.82, 2.24) is 20.4 Å². The molecule has 4 rings (SSSR count). The van der Waals surface area contributed by atoms with Gasteiger partial charge in [-0.05, 0) is 38.3 Å². The van der Waals surface area contributed by atoms with Gasteiger partial charge in [0.1, 0.15) is 28.7 Å². The van der Waals surface area contributed by atoms with Crippen LogP contribution in [0.2, 0.25) is 5.02 Å². The first kappa shape index (κ1) is 19.4. The molecular formula is C21H22ClN5O2. The van der Waals surface area contributed by atoms with Crippen LogP contribution in [0.25, 0.3) is 11.3 Å². The van der Waals surface area contributed by atoms with Gasteiger partial charge >= 0.3 is 0 Å². The molecule has 1 aliphatic heterocycles. The highest BCUT2D eigenvalue weighted by atomic mass is 35.5. The maximum atomic E-state index is 12.9. The Morgan fingerprint density at radius 1 is 1.21 bits per heavy atom. The zero-order chi connectivity index (χ0) is 20.2. The Morgan fingerprint density at radius 2 is 2.00 bits per heavy atom. The molecule has 1 aliphatic rings. The van der Waals surface area contributed by atoms with Crippen LogP contribution in [-0.4, -0.2) is 34.1 Å². The molecule has 1 aromatic carbocycles. The van der Waals surface area contributed by atoms with Gasteiger partial charge in [0.15, 0.2) is 0 Å². The molecule has 3 aromatic rings. The summed E-state index contributed by atoms with van der Waals surface area (Å²) in [6.45, 7) is 3.93. The third-order valence-electron chi connectivity index (χ3n) is 5.00. The Kier molecular flexibility index (Phi) is 5.76. The molecule has 1 N–H and O–H groups in total. The maximum absolute atomic E-state index is 12.9. The number of anilines is 1. The fraction of sp³-hybridized carbons (Fsp3) is 0.333. The highest BCUT2D eigenvalue weighted by Crippen LogP contribution is 2.30. The monoisotopic (exact) mass is 411 g/mol. The van der Waals surface area contributed by atoms with E-state index in [4.69, 9.17) is 16.1 Å². The number of nitrogens with zero attached hydrogens (tertiary/aromatic N) is 4. The lowest BCUT2D eigenvalue weighted by Crippen LogP contribution is -2.31. The molecular weight excluding hydrogens is 390 g/mol. The summed E-state index contributed by atoms with van der Waals surface area (Å²) in [4.78, 5) is 24.0. The van der Waals surface area contributed by atoms with Gasteiger partial charge in [-0.25, -0.2) is 9.97 Å². The number of aryl methyl sites for hydroxylation is 1. The van der Waals surface area contributed by atoms with E-state index < -0.39 is 0 Å². The molecule has 0 bridgehead atoms. The summed E-state index contributed by atoms with van der Waals surface area (Å²) in [5, 5.41) is 7.42. The van der Waals surface area contributed by atoms with Gasteiger partial charge in [0.05, 0.1) is 11.6 Å². The molecule has 0 unspecified atom stereocenters. The van der Waals surface area contributed by atoms with E-state index >= 15 is 0 Å². The van der Waals surface area contributed by atoms with Crippen LogP contribution in [-0.2, 0) is 6.54 Å². The van der Waals surface area contributed by atoms with Gasteiger partial charge in [-0.3, -0.25) is 4.79 Å². The highest BCUT2D eigenvalue weighted by molar-refractivity contribution is 6.33.